The van der Waals surface area contributed by atoms with Crippen molar-refractivity contribution in [3.63, 3.8) is 0 Å². The van der Waals surface area contributed by atoms with E-state index in [2.05, 4.69) is 5.32 Å². The Kier molecular flexibility index (Phi) is 6.24. The quantitative estimate of drug-likeness (QED) is 0.744. The summed E-state index contributed by atoms with van der Waals surface area (Å²) in [6.45, 7) is 4.47. The molecule has 1 aliphatic heterocycles. The van der Waals surface area contributed by atoms with Crippen LogP contribution in [0.5, 0.6) is 11.5 Å². The lowest BCUT2D eigenvalue weighted by Gasteiger charge is -2.30. The van der Waals surface area contributed by atoms with Crippen LogP contribution in [0.15, 0.2) is 36.4 Å². The number of nitrogens with one attached hydrogen (secondary N) is 1. The van der Waals surface area contributed by atoms with Gasteiger partial charge in [-0.3, -0.25) is 9.10 Å². The van der Waals surface area contributed by atoms with E-state index in [0.29, 0.717) is 41.1 Å². The minimum Gasteiger partial charge on any atom is -0.486 e. The molecule has 9 heteroatoms. The Labute approximate surface area is 175 Å². The number of amides is 1. The highest BCUT2D eigenvalue weighted by atomic mass is 35.5. The maximum absolute atomic E-state index is 13.0. The molecule has 1 atom stereocenters. The van der Waals surface area contributed by atoms with Crippen LogP contribution in [-0.4, -0.2) is 39.8 Å². The number of sulfonamides is 1. The molecule has 2 aromatic carbocycles. The van der Waals surface area contributed by atoms with Gasteiger partial charge in [-0.1, -0.05) is 24.6 Å². The zero-order valence-corrected chi connectivity index (χ0v) is 18.0. The van der Waals surface area contributed by atoms with Gasteiger partial charge < -0.3 is 14.8 Å². The first kappa shape index (κ1) is 21.3. The molecule has 1 N–H and O–H groups in total. The summed E-state index contributed by atoms with van der Waals surface area (Å²) in [6.07, 6.45) is 1.34. The third kappa shape index (κ3) is 4.76. The number of ether oxygens (including phenoxy) is 2. The van der Waals surface area contributed by atoms with Crippen LogP contribution in [0.1, 0.15) is 18.9 Å². The molecule has 29 heavy (non-hydrogen) atoms. The van der Waals surface area contributed by atoms with E-state index in [9.17, 15) is 13.2 Å². The van der Waals surface area contributed by atoms with Crippen LogP contribution in [0.25, 0.3) is 0 Å². The van der Waals surface area contributed by atoms with E-state index in [-0.39, 0.29) is 6.42 Å². The van der Waals surface area contributed by atoms with Gasteiger partial charge in [-0.25, -0.2) is 8.42 Å². The van der Waals surface area contributed by atoms with Crippen LogP contribution < -0.4 is 19.1 Å². The van der Waals surface area contributed by atoms with E-state index >= 15 is 0 Å². The summed E-state index contributed by atoms with van der Waals surface area (Å²) in [6, 6.07) is 9.02. The second-order valence-corrected chi connectivity index (χ2v) is 9.03. The van der Waals surface area contributed by atoms with Gasteiger partial charge >= 0.3 is 0 Å². The van der Waals surface area contributed by atoms with Gasteiger partial charge in [0.15, 0.2) is 11.5 Å². The summed E-state index contributed by atoms with van der Waals surface area (Å²) in [4.78, 5) is 13.0. The molecule has 0 aromatic heterocycles. The molecule has 1 unspecified atom stereocenters. The van der Waals surface area contributed by atoms with E-state index in [1.807, 2.05) is 6.92 Å². The third-order valence-electron chi connectivity index (χ3n) is 4.55. The molecule has 0 radical (unpaired) electrons. The number of hydrogen-bond donors (Lipinski definition) is 1. The second kappa shape index (κ2) is 8.51. The molecule has 0 aliphatic carbocycles. The van der Waals surface area contributed by atoms with Crippen molar-refractivity contribution < 1.29 is 22.7 Å². The summed E-state index contributed by atoms with van der Waals surface area (Å²) in [5.74, 6) is 0.687. The van der Waals surface area contributed by atoms with Crippen molar-refractivity contribution in [1.29, 1.82) is 0 Å². The lowest BCUT2D eigenvalue weighted by Crippen LogP contribution is -2.47. The van der Waals surface area contributed by atoms with Crippen LogP contribution in [-0.2, 0) is 14.8 Å². The number of benzene rings is 2. The number of halogens is 1. The number of nitrogens with zero attached hydrogens (tertiary/aromatic N) is 1. The lowest BCUT2D eigenvalue weighted by atomic mass is 10.1. The summed E-state index contributed by atoms with van der Waals surface area (Å²) >= 11 is 6.18. The van der Waals surface area contributed by atoms with E-state index in [0.717, 1.165) is 16.1 Å². The maximum Gasteiger partial charge on any atom is 0.248 e. The predicted molar refractivity (Wildman–Crippen MR) is 114 cm³/mol. The highest BCUT2D eigenvalue weighted by Crippen LogP contribution is 2.33. The molecule has 2 aromatic rings. The van der Waals surface area contributed by atoms with E-state index < -0.39 is 22.0 Å². The molecular weight excluding hydrogens is 416 g/mol. The largest absolute Gasteiger partial charge is 0.486 e. The smallest absolute Gasteiger partial charge is 0.248 e. The summed E-state index contributed by atoms with van der Waals surface area (Å²) < 4.78 is 37.2. The van der Waals surface area contributed by atoms with Gasteiger partial charge in [0.05, 0.1) is 11.9 Å². The lowest BCUT2D eigenvalue weighted by molar-refractivity contribution is -0.117. The van der Waals surface area contributed by atoms with Crippen LogP contribution in [0.4, 0.5) is 11.4 Å². The van der Waals surface area contributed by atoms with E-state index in [1.54, 1.807) is 43.3 Å². The Hall–Kier alpha value is -2.45. The molecule has 0 saturated carbocycles. The van der Waals surface area contributed by atoms with E-state index in [4.69, 9.17) is 21.1 Å². The van der Waals surface area contributed by atoms with Crippen molar-refractivity contribution >= 4 is 38.9 Å². The predicted octanol–water partition coefficient (Wildman–Crippen LogP) is 3.60. The molecule has 0 saturated heterocycles. The minimum absolute atomic E-state index is 0.273. The number of carbonyl (C=O) groups is 1. The Morgan fingerprint density at radius 3 is 2.48 bits per heavy atom. The molecular formula is C20H23ClN2O5S. The highest BCUT2D eigenvalue weighted by molar-refractivity contribution is 7.92. The molecule has 0 spiro atoms. The topological polar surface area (TPSA) is 84.9 Å². The average Bonchev–Trinajstić information content (AvgIpc) is 2.67. The number of carbonyl (C=O) groups excluding carboxylic acids is 1. The normalized spacial score (nSPS) is 14.2. The molecule has 1 amide bonds. The molecule has 3 rings (SSSR count). The van der Waals surface area contributed by atoms with Crippen molar-refractivity contribution in [3.8, 4) is 11.5 Å². The van der Waals surface area contributed by atoms with Crippen LogP contribution in [0.2, 0.25) is 5.02 Å². The standard InChI is InChI=1S/C20H23ClN2O5S/c1-4-17(23(29(3,25)26)15-7-5-13(2)16(21)12-15)20(24)22-14-6-8-18-19(11-14)28-10-9-27-18/h5-8,11-12,17H,4,9-10H2,1-3H3,(H,22,24). The van der Waals surface area contributed by atoms with Gasteiger partial charge in [-0.05, 0) is 43.2 Å². The zero-order valence-electron chi connectivity index (χ0n) is 16.4. The first-order chi connectivity index (χ1) is 13.7. The zero-order chi connectivity index (χ0) is 21.2. The van der Waals surface area contributed by atoms with Gasteiger partial charge in [0.1, 0.15) is 19.3 Å². The first-order valence-corrected chi connectivity index (χ1v) is 11.4. The van der Waals surface area contributed by atoms with Crippen LogP contribution >= 0.6 is 11.6 Å². The van der Waals surface area contributed by atoms with Crippen molar-refractivity contribution in [2.24, 2.45) is 0 Å². The summed E-state index contributed by atoms with van der Waals surface area (Å²) in [5, 5.41) is 3.21. The number of anilines is 2. The molecule has 7 nitrogen and oxygen atoms in total. The summed E-state index contributed by atoms with van der Waals surface area (Å²) in [7, 11) is -3.74. The number of aryl methyl sites for hydroxylation is 1. The van der Waals surface area contributed by atoms with Gasteiger partial charge in [0.25, 0.3) is 0 Å². The maximum atomic E-state index is 13.0. The number of fused-ring (bicyclic) bond motifs is 1. The third-order valence-corrected chi connectivity index (χ3v) is 6.14. The monoisotopic (exact) mass is 438 g/mol. The fraction of sp³-hybridized carbons (Fsp3) is 0.350. The van der Waals surface area contributed by atoms with Gasteiger partial charge in [0, 0.05) is 16.8 Å². The van der Waals surface area contributed by atoms with Gasteiger partial charge in [-0.15, -0.1) is 0 Å². The molecule has 1 aliphatic rings. The van der Waals surface area contributed by atoms with Gasteiger partial charge in [0.2, 0.25) is 15.9 Å². The minimum atomic E-state index is -3.74. The Morgan fingerprint density at radius 1 is 1.17 bits per heavy atom. The molecule has 0 fully saturated rings. The van der Waals surface area contributed by atoms with Crippen molar-refractivity contribution in [2.75, 3.05) is 29.1 Å². The average molecular weight is 439 g/mol. The molecule has 1 heterocycles. The Balaban J connectivity index is 1.90. The fourth-order valence-corrected chi connectivity index (χ4v) is 4.50. The van der Waals surface area contributed by atoms with Crippen molar-refractivity contribution in [1.82, 2.24) is 0 Å². The number of hydrogen-bond acceptors (Lipinski definition) is 5. The first-order valence-electron chi connectivity index (χ1n) is 9.16. The summed E-state index contributed by atoms with van der Waals surface area (Å²) in [5.41, 5.74) is 1.65. The molecule has 156 valence electrons. The number of rotatable bonds is 6. The fourth-order valence-electron chi connectivity index (χ4n) is 3.13. The van der Waals surface area contributed by atoms with Gasteiger partial charge in [-0.2, -0.15) is 0 Å². The Bertz CT molecular complexity index is 1030. The van der Waals surface area contributed by atoms with E-state index in [1.165, 1.54) is 0 Å². The highest BCUT2D eigenvalue weighted by Gasteiger charge is 2.32. The SMILES string of the molecule is CCC(C(=O)Nc1ccc2c(c1)OCCO2)N(c1ccc(C)c(Cl)c1)S(C)(=O)=O. The second-order valence-electron chi connectivity index (χ2n) is 6.76. The van der Waals surface area contributed by atoms with Crippen LogP contribution in [0.3, 0.4) is 0 Å². The van der Waals surface area contributed by atoms with Crippen molar-refractivity contribution in [3.05, 3.63) is 47.0 Å². The molecule has 0 bridgehead atoms. The van der Waals surface area contributed by atoms with Crippen molar-refractivity contribution in [2.45, 2.75) is 26.3 Å². The van der Waals surface area contributed by atoms with Crippen LogP contribution in [0, 0.1) is 6.92 Å². The Morgan fingerprint density at radius 2 is 1.86 bits per heavy atom.